The molecule has 2 aromatic rings. The molecule has 0 aliphatic heterocycles. The monoisotopic (exact) mass is 388 g/mol. The van der Waals surface area contributed by atoms with Gasteiger partial charge >= 0.3 is 0 Å². The molecule has 1 atom stereocenters. The van der Waals surface area contributed by atoms with Crippen LogP contribution < -0.4 is 0 Å². The van der Waals surface area contributed by atoms with Gasteiger partial charge in [-0.2, -0.15) is 0 Å². The van der Waals surface area contributed by atoms with Gasteiger partial charge in [0.1, 0.15) is 5.82 Å². The maximum Gasteiger partial charge on any atom is 0.241 e. The summed E-state index contributed by atoms with van der Waals surface area (Å²) in [6.45, 7) is 1.74. The van der Waals surface area contributed by atoms with E-state index < -0.39 is 6.10 Å². The van der Waals surface area contributed by atoms with Gasteiger partial charge in [0.05, 0.1) is 11.9 Å². The predicted octanol–water partition coefficient (Wildman–Crippen LogP) is 2.73. The van der Waals surface area contributed by atoms with Gasteiger partial charge < -0.3 is 9.67 Å². The number of rotatable bonds is 5. The van der Waals surface area contributed by atoms with Crippen molar-refractivity contribution in [2.75, 3.05) is 5.75 Å². The number of aliphatic hydroxyl groups is 1. The number of aliphatic hydroxyl groups excluding tert-OH is 1. The average Bonchev–Trinajstić information content (AvgIpc) is 3.18. The Balaban J connectivity index is 1.54. The Morgan fingerprint density at radius 2 is 1.67 bits per heavy atom. The first-order chi connectivity index (χ1) is 13.1. The smallest absolute Gasteiger partial charge is 0.241 e. The van der Waals surface area contributed by atoms with Crippen molar-refractivity contribution in [3.8, 4) is 0 Å². The highest BCUT2D eigenvalue weighted by atomic mass is 32.2. The van der Waals surface area contributed by atoms with Crippen molar-refractivity contribution >= 4 is 17.7 Å². The zero-order valence-corrected chi connectivity index (χ0v) is 17.0. The molecule has 0 radical (unpaired) electrons. The Hall–Kier alpha value is -1.60. The summed E-state index contributed by atoms with van der Waals surface area (Å²) in [6.07, 6.45) is 9.21. The Morgan fingerprint density at radius 1 is 1.07 bits per heavy atom. The van der Waals surface area contributed by atoms with Crippen LogP contribution >= 0.6 is 11.8 Å². The lowest BCUT2D eigenvalue weighted by Crippen LogP contribution is -2.21. The van der Waals surface area contributed by atoms with E-state index in [9.17, 15) is 9.90 Å². The number of thioether (sulfide) groups is 1. The quantitative estimate of drug-likeness (QED) is 0.798. The first-order valence-corrected chi connectivity index (χ1v) is 11.0. The molecule has 0 amide bonds. The van der Waals surface area contributed by atoms with E-state index in [1.807, 2.05) is 11.6 Å². The lowest BCUT2D eigenvalue weighted by atomic mass is 9.89. The van der Waals surface area contributed by atoms with Gasteiger partial charge in [0.15, 0.2) is 5.16 Å². The standard InChI is InChI=1S/C20H28N4O2S/c1-13(25)11-18-21-22-20(23(18)2)27-12-19(26)24-16-9-5-3-7-14(16)15-8-4-6-10-17(15)24/h13,25H,3-12H2,1-2H3/t13-/m1/s1. The summed E-state index contributed by atoms with van der Waals surface area (Å²) in [4.78, 5) is 13.2. The van der Waals surface area contributed by atoms with Gasteiger partial charge in [0.25, 0.3) is 0 Å². The van der Waals surface area contributed by atoms with E-state index >= 15 is 0 Å². The number of carbonyl (C=O) groups excluding carboxylic acids is 1. The molecule has 0 spiro atoms. The number of fused-ring (bicyclic) bond motifs is 3. The third-order valence-electron chi connectivity index (χ3n) is 5.76. The van der Waals surface area contributed by atoms with E-state index in [1.54, 1.807) is 6.92 Å². The van der Waals surface area contributed by atoms with E-state index in [2.05, 4.69) is 14.8 Å². The van der Waals surface area contributed by atoms with Gasteiger partial charge in [-0.05, 0) is 69.4 Å². The van der Waals surface area contributed by atoms with E-state index in [4.69, 9.17) is 0 Å². The second-order valence-corrected chi connectivity index (χ2v) is 8.74. The normalized spacial score (nSPS) is 17.4. The molecule has 2 aliphatic rings. The summed E-state index contributed by atoms with van der Waals surface area (Å²) in [5.74, 6) is 1.28. The Morgan fingerprint density at radius 3 is 2.26 bits per heavy atom. The van der Waals surface area contributed by atoms with Gasteiger partial charge in [-0.25, -0.2) is 0 Å². The third-order valence-corrected chi connectivity index (χ3v) is 6.76. The van der Waals surface area contributed by atoms with Crippen LogP contribution in [0.25, 0.3) is 0 Å². The van der Waals surface area contributed by atoms with Crippen LogP contribution in [0.15, 0.2) is 5.16 Å². The van der Waals surface area contributed by atoms with Crippen molar-refractivity contribution in [1.82, 2.24) is 19.3 Å². The predicted molar refractivity (Wildman–Crippen MR) is 105 cm³/mol. The van der Waals surface area contributed by atoms with Gasteiger partial charge in [-0.3, -0.25) is 9.36 Å². The van der Waals surface area contributed by atoms with Gasteiger partial charge in [-0.15, -0.1) is 10.2 Å². The topological polar surface area (TPSA) is 72.9 Å². The van der Waals surface area contributed by atoms with Gasteiger partial charge in [0, 0.05) is 24.9 Å². The number of carbonyl (C=O) groups is 1. The maximum atomic E-state index is 13.2. The second kappa shape index (κ2) is 7.80. The zero-order valence-electron chi connectivity index (χ0n) is 16.2. The average molecular weight is 389 g/mol. The molecule has 27 heavy (non-hydrogen) atoms. The largest absolute Gasteiger partial charge is 0.393 e. The van der Waals surface area contributed by atoms with Crippen molar-refractivity contribution in [2.24, 2.45) is 7.05 Å². The highest BCUT2D eigenvalue weighted by Gasteiger charge is 2.29. The highest BCUT2D eigenvalue weighted by molar-refractivity contribution is 7.99. The molecular formula is C20H28N4O2S. The minimum atomic E-state index is -0.453. The van der Waals surface area contributed by atoms with Crippen LogP contribution in [0.2, 0.25) is 0 Å². The van der Waals surface area contributed by atoms with Gasteiger partial charge in [0.2, 0.25) is 5.91 Å². The molecule has 0 saturated heterocycles. The molecule has 6 nitrogen and oxygen atoms in total. The Kier molecular flexibility index (Phi) is 5.41. The molecule has 146 valence electrons. The molecule has 0 unspecified atom stereocenters. The highest BCUT2D eigenvalue weighted by Crippen LogP contribution is 2.35. The van der Waals surface area contributed by atoms with Crippen LogP contribution in [0.4, 0.5) is 0 Å². The van der Waals surface area contributed by atoms with Crippen LogP contribution in [0.3, 0.4) is 0 Å². The number of hydrogen-bond acceptors (Lipinski definition) is 5. The van der Waals surface area contributed by atoms with E-state index in [-0.39, 0.29) is 5.91 Å². The van der Waals surface area contributed by atoms with E-state index in [0.29, 0.717) is 12.2 Å². The summed E-state index contributed by atoms with van der Waals surface area (Å²) < 4.78 is 3.94. The lowest BCUT2D eigenvalue weighted by molar-refractivity contribution is 0.0934. The van der Waals surface area contributed by atoms with Crippen LogP contribution in [0.1, 0.15) is 65.7 Å². The number of hydrogen-bond donors (Lipinski definition) is 1. The maximum absolute atomic E-state index is 13.2. The minimum Gasteiger partial charge on any atom is -0.393 e. The SMILES string of the molecule is C[C@@H](O)Cc1nnc(SCC(=O)n2c3c(c4c2CCCC4)CCCC3)n1C. The molecule has 2 heterocycles. The van der Waals surface area contributed by atoms with Crippen molar-refractivity contribution in [3.63, 3.8) is 0 Å². The second-order valence-electron chi connectivity index (χ2n) is 7.79. The van der Waals surface area contributed by atoms with Crippen molar-refractivity contribution < 1.29 is 9.90 Å². The Labute approximate surface area is 164 Å². The fourth-order valence-corrected chi connectivity index (χ4v) is 5.27. The van der Waals surface area contributed by atoms with Crippen molar-refractivity contribution in [3.05, 3.63) is 28.3 Å². The van der Waals surface area contributed by atoms with Crippen molar-refractivity contribution in [2.45, 2.75) is 76.0 Å². The summed E-state index contributed by atoms with van der Waals surface area (Å²) in [5, 5.41) is 18.6. The molecule has 2 aromatic heterocycles. The molecule has 7 heteroatoms. The summed E-state index contributed by atoms with van der Waals surface area (Å²) in [7, 11) is 1.89. The minimum absolute atomic E-state index is 0.168. The molecule has 0 saturated carbocycles. The summed E-state index contributed by atoms with van der Waals surface area (Å²) in [6, 6.07) is 0. The summed E-state index contributed by atoms with van der Waals surface area (Å²) >= 11 is 1.44. The van der Waals surface area contributed by atoms with Gasteiger partial charge in [-0.1, -0.05) is 11.8 Å². The molecule has 0 bridgehead atoms. The molecule has 1 N–H and O–H groups in total. The first-order valence-electron chi connectivity index (χ1n) is 10.0. The molecule has 2 aliphatic carbocycles. The Bertz CT molecular complexity index is 819. The van der Waals surface area contributed by atoms with Crippen LogP contribution in [-0.4, -0.2) is 42.2 Å². The fraction of sp³-hybridized carbons (Fsp3) is 0.650. The third kappa shape index (κ3) is 3.59. The van der Waals surface area contributed by atoms with Crippen molar-refractivity contribution in [1.29, 1.82) is 0 Å². The summed E-state index contributed by atoms with van der Waals surface area (Å²) in [5.41, 5.74) is 5.53. The zero-order chi connectivity index (χ0) is 19.0. The molecule has 0 fully saturated rings. The molecule has 4 rings (SSSR count). The van der Waals surface area contributed by atoms with E-state index in [1.165, 1.54) is 60.0 Å². The number of aromatic nitrogens is 4. The van der Waals surface area contributed by atoms with E-state index in [0.717, 1.165) is 36.7 Å². The molecular weight excluding hydrogens is 360 g/mol. The molecule has 0 aromatic carbocycles. The number of nitrogens with zero attached hydrogens (tertiary/aromatic N) is 4. The first kappa shape index (κ1) is 18.7. The van der Waals surface area contributed by atoms with Crippen LogP contribution in [-0.2, 0) is 39.2 Å². The fourth-order valence-electron chi connectivity index (χ4n) is 4.49. The lowest BCUT2D eigenvalue weighted by Gasteiger charge is -2.16. The van der Waals surface area contributed by atoms with Crippen LogP contribution in [0.5, 0.6) is 0 Å². The van der Waals surface area contributed by atoms with Crippen LogP contribution in [0, 0.1) is 0 Å².